The van der Waals surface area contributed by atoms with Gasteiger partial charge in [0.15, 0.2) is 11.5 Å². The first-order chi connectivity index (χ1) is 14.1. The van der Waals surface area contributed by atoms with Crippen LogP contribution in [0.4, 0.5) is 0 Å². The van der Waals surface area contributed by atoms with Crippen molar-refractivity contribution in [2.24, 2.45) is 0 Å². The minimum absolute atomic E-state index is 0.0552. The van der Waals surface area contributed by atoms with Crippen LogP contribution in [-0.2, 0) is 13.2 Å². The molecule has 0 saturated carbocycles. The second-order valence-electron chi connectivity index (χ2n) is 6.46. The summed E-state index contributed by atoms with van der Waals surface area (Å²) in [5, 5.41) is 20.2. The number of aliphatic hydroxyl groups excluding tert-OH is 2. The molecule has 1 unspecified atom stereocenters. The first kappa shape index (κ1) is 21.1. The molecule has 0 radical (unpaired) electrons. The van der Waals surface area contributed by atoms with Gasteiger partial charge in [-0.25, -0.2) is 0 Å². The van der Waals surface area contributed by atoms with Crippen molar-refractivity contribution in [2.45, 2.75) is 19.3 Å². The zero-order chi connectivity index (χ0) is 20.6. The third kappa shape index (κ3) is 5.48. The van der Waals surface area contributed by atoms with E-state index in [0.717, 1.165) is 16.7 Å². The van der Waals surface area contributed by atoms with Gasteiger partial charge in [0.25, 0.3) is 0 Å². The van der Waals surface area contributed by atoms with E-state index >= 15 is 0 Å². The maximum atomic E-state index is 10.7. The molecule has 29 heavy (non-hydrogen) atoms. The van der Waals surface area contributed by atoms with Crippen molar-refractivity contribution in [2.75, 3.05) is 7.11 Å². The molecule has 0 amide bonds. The molecular weight excluding hydrogens is 432 g/mol. The Balaban J connectivity index is 1.83. The summed E-state index contributed by atoms with van der Waals surface area (Å²) in [5.74, 6) is 1.14. The summed E-state index contributed by atoms with van der Waals surface area (Å²) < 4.78 is 12.1. The van der Waals surface area contributed by atoms with E-state index in [4.69, 9.17) is 9.47 Å². The summed E-state index contributed by atoms with van der Waals surface area (Å²) in [6, 6.07) is 20.9. The molecule has 150 valence electrons. The summed E-state index contributed by atoms with van der Waals surface area (Å²) in [5.41, 5.74) is 3.36. The lowest BCUT2D eigenvalue weighted by atomic mass is 10.0. The Morgan fingerprint density at radius 3 is 2.45 bits per heavy atom. The van der Waals surface area contributed by atoms with Crippen LogP contribution >= 0.6 is 15.9 Å². The van der Waals surface area contributed by atoms with Gasteiger partial charge in [-0.05, 0) is 28.8 Å². The predicted molar refractivity (Wildman–Crippen MR) is 118 cm³/mol. The molecule has 1 atom stereocenters. The average Bonchev–Trinajstić information content (AvgIpc) is 2.77. The number of ether oxygens (including phenoxy) is 2. The van der Waals surface area contributed by atoms with E-state index in [1.54, 1.807) is 31.4 Å². The van der Waals surface area contributed by atoms with Gasteiger partial charge in [0.05, 0.1) is 19.8 Å². The number of hydrogen-bond donors (Lipinski definition) is 2. The molecule has 0 aliphatic heterocycles. The molecule has 0 spiro atoms. The summed E-state index contributed by atoms with van der Waals surface area (Å²) in [6.45, 7) is 0.342. The third-order valence-electron chi connectivity index (χ3n) is 4.52. The SMILES string of the molecule is COc1cc(Br)c(C(O)/C=C/c2ccccc2CO)cc1OCc1ccccc1. The van der Waals surface area contributed by atoms with Crippen LogP contribution in [0.5, 0.6) is 11.5 Å². The van der Waals surface area contributed by atoms with E-state index in [-0.39, 0.29) is 6.61 Å². The van der Waals surface area contributed by atoms with Crippen LogP contribution in [0.2, 0.25) is 0 Å². The molecular formula is C24H23BrO4. The maximum Gasteiger partial charge on any atom is 0.162 e. The number of hydrogen-bond acceptors (Lipinski definition) is 4. The van der Waals surface area contributed by atoms with E-state index < -0.39 is 6.10 Å². The second-order valence-corrected chi connectivity index (χ2v) is 7.31. The molecule has 0 bridgehead atoms. The minimum atomic E-state index is -0.860. The molecule has 4 nitrogen and oxygen atoms in total. The second kappa shape index (κ2) is 10.3. The van der Waals surface area contributed by atoms with Crippen LogP contribution in [0, 0.1) is 0 Å². The molecule has 0 saturated heterocycles. The Labute approximate surface area is 179 Å². The lowest BCUT2D eigenvalue weighted by molar-refractivity contribution is 0.226. The van der Waals surface area contributed by atoms with Crippen molar-refractivity contribution in [3.63, 3.8) is 0 Å². The number of aliphatic hydroxyl groups is 2. The Bertz CT molecular complexity index is 970. The molecule has 3 aromatic rings. The molecule has 0 aromatic heterocycles. The highest BCUT2D eigenvalue weighted by atomic mass is 79.9. The predicted octanol–water partition coefficient (Wildman–Crippen LogP) is 5.28. The number of benzene rings is 3. The van der Waals surface area contributed by atoms with Crippen molar-refractivity contribution in [3.05, 3.63) is 99.5 Å². The van der Waals surface area contributed by atoms with E-state index in [2.05, 4.69) is 15.9 Å². The maximum absolute atomic E-state index is 10.7. The molecule has 2 N–H and O–H groups in total. The van der Waals surface area contributed by atoms with E-state index in [9.17, 15) is 10.2 Å². The molecule has 5 heteroatoms. The van der Waals surface area contributed by atoms with Gasteiger partial charge in [0.1, 0.15) is 6.61 Å². The van der Waals surface area contributed by atoms with Gasteiger partial charge in [-0.15, -0.1) is 0 Å². The van der Waals surface area contributed by atoms with Crippen molar-refractivity contribution in [1.29, 1.82) is 0 Å². The standard InChI is InChI=1S/C24H23BrO4/c1-28-23-14-21(25)20(13-24(23)29-16-17-7-3-2-4-8-17)22(27)12-11-18-9-5-6-10-19(18)15-26/h2-14,22,26-27H,15-16H2,1H3/b12-11+. The lowest BCUT2D eigenvalue weighted by Gasteiger charge is -2.16. The van der Waals surface area contributed by atoms with Gasteiger partial charge in [0.2, 0.25) is 0 Å². The Hall–Kier alpha value is -2.60. The third-order valence-corrected chi connectivity index (χ3v) is 5.21. The van der Waals surface area contributed by atoms with Crippen LogP contribution in [0.25, 0.3) is 6.08 Å². The van der Waals surface area contributed by atoms with E-state index in [1.165, 1.54) is 0 Å². The first-order valence-electron chi connectivity index (χ1n) is 9.21. The summed E-state index contributed by atoms with van der Waals surface area (Å²) in [7, 11) is 1.58. The molecule has 0 fully saturated rings. The van der Waals surface area contributed by atoms with Crippen LogP contribution in [0.15, 0.2) is 77.3 Å². The van der Waals surface area contributed by atoms with Gasteiger partial charge in [0, 0.05) is 10.0 Å². The molecule has 0 aliphatic rings. The Kier molecular flexibility index (Phi) is 7.47. The van der Waals surface area contributed by atoms with Crippen molar-refractivity contribution < 1.29 is 19.7 Å². The highest BCUT2D eigenvalue weighted by molar-refractivity contribution is 9.10. The monoisotopic (exact) mass is 454 g/mol. The van der Waals surface area contributed by atoms with Crippen LogP contribution < -0.4 is 9.47 Å². The van der Waals surface area contributed by atoms with Gasteiger partial charge < -0.3 is 19.7 Å². The number of methoxy groups -OCH3 is 1. The van der Waals surface area contributed by atoms with Crippen LogP contribution in [-0.4, -0.2) is 17.3 Å². The van der Waals surface area contributed by atoms with E-state index in [1.807, 2.05) is 54.6 Å². The summed E-state index contributed by atoms with van der Waals surface area (Å²) in [4.78, 5) is 0. The fourth-order valence-electron chi connectivity index (χ4n) is 2.92. The Morgan fingerprint density at radius 1 is 1.00 bits per heavy atom. The van der Waals surface area contributed by atoms with Gasteiger partial charge in [-0.1, -0.05) is 82.7 Å². The van der Waals surface area contributed by atoms with Crippen LogP contribution in [0.1, 0.15) is 28.4 Å². The fourth-order valence-corrected chi connectivity index (χ4v) is 3.48. The molecule has 3 rings (SSSR count). The summed E-state index contributed by atoms with van der Waals surface area (Å²) >= 11 is 3.50. The van der Waals surface area contributed by atoms with Gasteiger partial charge >= 0.3 is 0 Å². The zero-order valence-corrected chi connectivity index (χ0v) is 17.7. The van der Waals surface area contributed by atoms with Gasteiger partial charge in [-0.3, -0.25) is 0 Å². The van der Waals surface area contributed by atoms with Crippen molar-refractivity contribution in [3.8, 4) is 11.5 Å². The highest BCUT2D eigenvalue weighted by Gasteiger charge is 2.15. The van der Waals surface area contributed by atoms with E-state index in [0.29, 0.717) is 28.1 Å². The van der Waals surface area contributed by atoms with Crippen LogP contribution in [0.3, 0.4) is 0 Å². The zero-order valence-electron chi connectivity index (χ0n) is 16.1. The summed E-state index contributed by atoms with van der Waals surface area (Å²) in [6.07, 6.45) is 2.63. The molecule has 0 heterocycles. The molecule has 0 aliphatic carbocycles. The Morgan fingerprint density at radius 2 is 1.72 bits per heavy atom. The minimum Gasteiger partial charge on any atom is -0.493 e. The number of rotatable bonds is 8. The first-order valence-corrected chi connectivity index (χ1v) is 10.0. The largest absolute Gasteiger partial charge is 0.493 e. The number of halogens is 1. The molecule has 3 aromatic carbocycles. The highest BCUT2D eigenvalue weighted by Crippen LogP contribution is 2.37. The smallest absolute Gasteiger partial charge is 0.162 e. The topological polar surface area (TPSA) is 58.9 Å². The average molecular weight is 455 g/mol. The van der Waals surface area contributed by atoms with Crippen molar-refractivity contribution in [1.82, 2.24) is 0 Å². The lowest BCUT2D eigenvalue weighted by Crippen LogP contribution is -2.01. The van der Waals surface area contributed by atoms with Gasteiger partial charge in [-0.2, -0.15) is 0 Å². The normalized spacial score (nSPS) is 12.1. The fraction of sp³-hybridized carbons (Fsp3) is 0.167. The van der Waals surface area contributed by atoms with Crippen molar-refractivity contribution >= 4 is 22.0 Å². The quantitative estimate of drug-likeness (QED) is 0.486.